The van der Waals surface area contributed by atoms with Crippen molar-refractivity contribution >= 4 is 18.0 Å². The SMILES string of the molecule is O=CC1CC(Sc2cccc(C(F)(F)F)c2)C1. The van der Waals surface area contributed by atoms with E-state index in [0.29, 0.717) is 4.90 Å². The van der Waals surface area contributed by atoms with E-state index in [1.807, 2.05) is 0 Å². The summed E-state index contributed by atoms with van der Waals surface area (Å²) in [6.45, 7) is 0. The number of halogens is 3. The van der Waals surface area contributed by atoms with Crippen LogP contribution in [0.25, 0.3) is 0 Å². The van der Waals surface area contributed by atoms with Crippen LogP contribution in [0.2, 0.25) is 0 Å². The highest BCUT2D eigenvalue weighted by Gasteiger charge is 2.32. The van der Waals surface area contributed by atoms with Crippen LogP contribution >= 0.6 is 11.8 Å². The van der Waals surface area contributed by atoms with E-state index < -0.39 is 11.7 Å². The van der Waals surface area contributed by atoms with E-state index in [4.69, 9.17) is 0 Å². The molecule has 0 heterocycles. The van der Waals surface area contributed by atoms with Gasteiger partial charge in [0.05, 0.1) is 5.56 Å². The van der Waals surface area contributed by atoms with Crippen LogP contribution in [0.1, 0.15) is 18.4 Å². The predicted octanol–water partition coefficient (Wildman–Crippen LogP) is 3.78. The molecule has 0 amide bonds. The van der Waals surface area contributed by atoms with Gasteiger partial charge < -0.3 is 4.79 Å². The molecule has 92 valence electrons. The van der Waals surface area contributed by atoms with Crippen molar-refractivity contribution in [1.82, 2.24) is 0 Å². The van der Waals surface area contributed by atoms with Crippen molar-refractivity contribution in [2.24, 2.45) is 5.92 Å². The van der Waals surface area contributed by atoms with Crippen molar-refractivity contribution in [2.45, 2.75) is 29.2 Å². The molecule has 0 unspecified atom stereocenters. The molecule has 1 aliphatic rings. The highest BCUT2D eigenvalue weighted by molar-refractivity contribution is 8.00. The van der Waals surface area contributed by atoms with Crippen LogP contribution in [0.4, 0.5) is 13.2 Å². The number of alkyl halides is 3. The summed E-state index contributed by atoms with van der Waals surface area (Å²) < 4.78 is 37.4. The minimum Gasteiger partial charge on any atom is -0.303 e. The summed E-state index contributed by atoms with van der Waals surface area (Å²) in [5.74, 6) is 0.0956. The van der Waals surface area contributed by atoms with Gasteiger partial charge in [-0.05, 0) is 31.0 Å². The number of rotatable bonds is 3. The molecular weight excluding hydrogens is 249 g/mol. The number of aldehydes is 1. The minimum atomic E-state index is -4.29. The van der Waals surface area contributed by atoms with Gasteiger partial charge >= 0.3 is 6.18 Å². The van der Waals surface area contributed by atoms with Crippen LogP contribution in [0.3, 0.4) is 0 Å². The smallest absolute Gasteiger partial charge is 0.303 e. The Hall–Kier alpha value is -0.970. The zero-order valence-electron chi connectivity index (χ0n) is 8.91. The summed E-state index contributed by atoms with van der Waals surface area (Å²) in [6.07, 6.45) is -1.83. The normalized spacial score (nSPS) is 24.2. The Bertz CT molecular complexity index is 410. The number of benzene rings is 1. The number of hydrogen-bond donors (Lipinski definition) is 0. The highest BCUT2D eigenvalue weighted by Crippen LogP contribution is 2.41. The Morgan fingerprint density at radius 2 is 2.00 bits per heavy atom. The summed E-state index contributed by atoms with van der Waals surface area (Å²) in [4.78, 5) is 11.0. The van der Waals surface area contributed by atoms with Gasteiger partial charge in [-0.2, -0.15) is 13.2 Å². The molecule has 1 saturated carbocycles. The van der Waals surface area contributed by atoms with E-state index in [1.54, 1.807) is 6.07 Å². The van der Waals surface area contributed by atoms with Gasteiger partial charge in [-0.3, -0.25) is 0 Å². The minimum absolute atomic E-state index is 0.0956. The third-order valence-electron chi connectivity index (χ3n) is 2.79. The molecule has 5 heteroatoms. The molecule has 0 atom stereocenters. The monoisotopic (exact) mass is 260 g/mol. The van der Waals surface area contributed by atoms with Gasteiger partial charge in [-0.15, -0.1) is 11.8 Å². The lowest BCUT2D eigenvalue weighted by atomic mass is 9.86. The van der Waals surface area contributed by atoms with Gasteiger partial charge in [0.15, 0.2) is 0 Å². The molecule has 0 aliphatic heterocycles. The van der Waals surface area contributed by atoms with Gasteiger partial charge in [-0.1, -0.05) is 6.07 Å². The van der Waals surface area contributed by atoms with Crippen LogP contribution in [-0.4, -0.2) is 11.5 Å². The largest absolute Gasteiger partial charge is 0.416 e. The first-order chi connectivity index (χ1) is 7.99. The number of carbonyl (C=O) groups excluding carboxylic acids is 1. The fourth-order valence-corrected chi connectivity index (χ4v) is 3.18. The fraction of sp³-hybridized carbons (Fsp3) is 0.417. The zero-order valence-corrected chi connectivity index (χ0v) is 9.72. The van der Waals surface area contributed by atoms with Gasteiger partial charge in [0.25, 0.3) is 0 Å². The molecule has 0 N–H and O–H groups in total. The summed E-state index contributed by atoms with van der Waals surface area (Å²) >= 11 is 1.42. The Labute approximate surface area is 101 Å². The van der Waals surface area contributed by atoms with E-state index in [0.717, 1.165) is 25.2 Å². The van der Waals surface area contributed by atoms with Crippen LogP contribution in [0.15, 0.2) is 29.2 Å². The molecule has 0 saturated heterocycles. The van der Waals surface area contributed by atoms with E-state index in [-0.39, 0.29) is 11.2 Å². The van der Waals surface area contributed by atoms with Crippen molar-refractivity contribution in [3.05, 3.63) is 29.8 Å². The lowest BCUT2D eigenvalue weighted by molar-refractivity contribution is -0.137. The third kappa shape index (κ3) is 3.03. The molecule has 0 aromatic heterocycles. The summed E-state index contributed by atoms with van der Waals surface area (Å²) in [5, 5.41) is 0.272. The average molecular weight is 260 g/mol. The molecular formula is C12H11F3OS. The highest BCUT2D eigenvalue weighted by atomic mass is 32.2. The molecule has 0 bridgehead atoms. The van der Waals surface area contributed by atoms with Crippen molar-refractivity contribution in [1.29, 1.82) is 0 Å². The second-order valence-electron chi connectivity index (χ2n) is 4.13. The van der Waals surface area contributed by atoms with E-state index in [9.17, 15) is 18.0 Å². The molecule has 1 aromatic rings. The summed E-state index contributed by atoms with van der Waals surface area (Å²) in [6, 6.07) is 5.33. The maximum atomic E-state index is 12.5. The van der Waals surface area contributed by atoms with Crippen molar-refractivity contribution in [2.75, 3.05) is 0 Å². The third-order valence-corrected chi connectivity index (χ3v) is 4.03. The second-order valence-corrected chi connectivity index (χ2v) is 5.51. The van der Waals surface area contributed by atoms with Gasteiger partial charge in [0.2, 0.25) is 0 Å². The van der Waals surface area contributed by atoms with E-state index in [2.05, 4.69) is 0 Å². The Morgan fingerprint density at radius 1 is 1.29 bits per heavy atom. The molecule has 1 aromatic carbocycles. The van der Waals surface area contributed by atoms with Gasteiger partial charge in [-0.25, -0.2) is 0 Å². The van der Waals surface area contributed by atoms with Crippen LogP contribution in [0.5, 0.6) is 0 Å². The van der Waals surface area contributed by atoms with Crippen LogP contribution in [-0.2, 0) is 11.0 Å². The number of hydrogen-bond acceptors (Lipinski definition) is 2. The maximum absolute atomic E-state index is 12.5. The topological polar surface area (TPSA) is 17.1 Å². The molecule has 17 heavy (non-hydrogen) atoms. The standard InChI is InChI=1S/C12H11F3OS/c13-12(14,15)9-2-1-3-10(6-9)17-11-4-8(5-11)7-16/h1-3,6-8,11H,4-5H2. The quantitative estimate of drug-likeness (QED) is 0.769. The Balaban J connectivity index is 2.00. The second kappa shape index (κ2) is 4.72. The molecule has 0 spiro atoms. The van der Waals surface area contributed by atoms with Crippen molar-refractivity contribution in [3.63, 3.8) is 0 Å². The van der Waals surface area contributed by atoms with Crippen molar-refractivity contribution < 1.29 is 18.0 Å². The predicted molar refractivity (Wildman–Crippen MR) is 59.9 cm³/mol. The van der Waals surface area contributed by atoms with Gasteiger partial charge in [0.1, 0.15) is 6.29 Å². The number of thioether (sulfide) groups is 1. The van der Waals surface area contributed by atoms with Crippen LogP contribution in [0, 0.1) is 5.92 Å². The lowest BCUT2D eigenvalue weighted by Gasteiger charge is -2.30. The first kappa shape index (κ1) is 12.5. The van der Waals surface area contributed by atoms with Crippen molar-refractivity contribution in [3.8, 4) is 0 Å². The average Bonchev–Trinajstić information content (AvgIpc) is 2.22. The first-order valence-electron chi connectivity index (χ1n) is 5.28. The summed E-state index contributed by atoms with van der Waals surface area (Å²) in [5.41, 5.74) is -0.617. The lowest BCUT2D eigenvalue weighted by Crippen LogP contribution is -2.26. The Kier molecular flexibility index (Phi) is 3.47. The molecule has 0 radical (unpaired) electrons. The molecule has 1 fully saturated rings. The fourth-order valence-electron chi connectivity index (χ4n) is 1.75. The van der Waals surface area contributed by atoms with Crippen LogP contribution < -0.4 is 0 Å². The summed E-state index contributed by atoms with van der Waals surface area (Å²) in [7, 11) is 0. The molecule has 1 nitrogen and oxygen atoms in total. The number of carbonyl (C=O) groups is 1. The molecule has 1 aliphatic carbocycles. The van der Waals surface area contributed by atoms with Gasteiger partial charge in [0, 0.05) is 16.1 Å². The first-order valence-corrected chi connectivity index (χ1v) is 6.16. The Morgan fingerprint density at radius 3 is 2.59 bits per heavy atom. The molecule has 2 rings (SSSR count). The van der Waals surface area contributed by atoms with E-state index >= 15 is 0 Å². The zero-order chi connectivity index (χ0) is 12.5. The van der Waals surface area contributed by atoms with E-state index in [1.165, 1.54) is 23.9 Å². The maximum Gasteiger partial charge on any atom is 0.416 e.